The fourth-order valence-corrected chi connectivity index (χ4v) is 2.47. The van der Waals surface area contributed by atoms with Gasteiger partial charge in [0.15, 0.2) is 0 Å². The third-order valence-corrected chi connectivity index (χ3v) is 3.58. The van der Waals surface area contributed by atoms with Gasteiger partial charge in [0, 0.05) is 12.6 Å². The molecule has 2 rings (SSSR count). The first-order valence-electron chi connectivity index (χ1n) is 7.84. The van der Waals surface area contributed by atoms with Crippen molar-refractivity contribution in [3.63, 3.8) is 0 Å². The van der Waals surface area contributed by atoms with Gasteiger partial charge in [0.05, 0.1) is 11.9 Å². The molecule has 0 fully saturated rings. The van der Waals surface area contributed by atoms with E-state index in [0.717, 1.165) is 18.7 Å². The Bertz CT molecular complexity index is 491. The third-order valence-electron chi connectivity index (χ3n) is 3.58. The molecule has 1 aliphatic carbocycles. The van der Waals surface area contributed by atoms with Crippen LogP contribution in [0.5, 0.6) is 0 Å². The van der Waals surface area contributed by atoms with Gasteiger partial charge < -0.3 is 10.6 Å². The first-order valence-corrected chi connectivity index (χ1v) is 7.84. The highest BCUT2D eigenvalue weighted by Crippen LogP contribution is 2.20. The number of nitrogens with one attached hydrogen (secondary N) is 2. The highest BCUT2D eigenvalue weighted by molar-refractivity contribution is 5.92. The Morgan fingerprint density at radius 2 is 2.19 bits per heavy atom. The smallest absolute Gasteiger partial charge is 0.270 e. The van der Waals surface area contributed by atoms with Gasteiger partial charge in [-0.3, -0.25) is 4.79 Å². The monoisotopic (exact) mass is 287 g/mol. The number of anilines is 1. The number of pyridine rings is 1. The minimum Gasteiger partial charge on any atom is -0.383 e. The number of aromatic nitrogens is 1. The van der Waals surface area contributed by atoms with E-state index in [1.807, 2.05) is 19.9 Å². The summed E-state index contributed by atoms with van der Waals surface area (Å²) in [6, 6.07) is 3.80. The Hall–Kier alpha value is -1.84. The number of allylic oxidation sites excluding steroid dienone is 1. The first-order chi connectivity index (χ1) is 10.1. The summed E-state index contributed by atoms with van der Waals surface area (Å²) < 4.78 is 0. The molecule has 0 aliphatic heterocycles. The second kappa shape index (κ2) is 7.81. The van der Waals surface area contributed by atoms with Gasteiger partial charge >= 0.3 is 0 Å². The molecule has 1 heterocycles. The predicted octanol–water partition coefficient (Wildman–Crippen LogP) is 3.52. The second-order valence-electron chi connectivity index (χ2n) is 5.85. The largest absolute Gasteiger partial charge is 0.383 e. The molecular formula is C17H25N3O. The average molecular weight is 287 g/mol. The Labute approximate surface area is 127 Å². The van der Waals surface area contributed by atoms with Crippen LogP contribution in [0.2, 0.25) is 0 Å². The van der Waals surface area contributed by atoms with Crippen molar-refractivity contribution < 1.29 is 4.79 Å². The predicted molar refractivity (Wildman–Crippen MR) is 86.5 cm³/mol. The summed E-state index contributed by atoms with van der Waals surface area (Å²) in [5, 5.41) is 6.20. The molecule has 0 atom stereocenters. The van der Waals surface area contributed by atoms with Gasteiger partial charge in [-0.2, -0.15) is 0 Å². The van der Waals surface area contributed by atoms with E-state index in [9.17, 15) is 4.79 Å². The van der Waals surface area contributed by atoms with Crippen LogP contribution in [-0.4, -0.2) is 23.5 Å². The lowest BCUT2D eigenvalue weighted by molar-refractivity contribution is 0.0938. The first kappa shape index (κ1) is 15.5. The van der Waals surface area contributed by atoms with Crippen molar-refractivity contribution in [3.8, 4) is 0 Å². The summed E-state index contributed by atoms with van der Waals surface area (Å²) in [5.74, 6) is -0.121. The molecule has 0 aromatic carbocycles. The highest BCUT2D eigenvalue weighted by Gasteiger charge is 2.08. The van der Waals surface area contributed by atoms with E-state index in [4.69, 9.17) is 0 Å². The number of carbonyl (C=O) groups is 1. The number of hydrogen-bond donors (Lipinski definition) is 2. The Balaban J connectivity index is 1.79. The van der Waals surface area contributed by atoms with Crippen LogP contribution >= 0.6 is 0 Å². The standard InChI is InChI=1S/C17H25N3O/c1-13(2)20-17(21)16-9-8-15(12-19-16)18-11-10-14-6-4-3-5-7-14/h6,8-9,12-13,18H,3-5,7,10-11H2,1-2H3,(H,20,21). The summed E-state index contributed by atoms with van der Waals surface area (Å²) in [6.07, 6.45) is 10.3. The van der Waals surface area contributed by atoms with E-state index in [-0.39, 0.29) is 11.9 Å². The van der Waals surface area contributed by atoms with Crippen molar-refractivity contribution in [2.24, 2.45) is 0 Å². The van der Waals surface area contributed by atoms with Crippen molar-refractivity contribution >= 4 is 11.6 Å². The van der Waals surface area contributed by atoms with Crippen LogP contribution in [-0.2, 0) is 0 Å². The zero-order valence-corrected chi connectivity index (χ0v) is 13.0. The number of hydrogen-bond acceptors (Lipinski definition) is 3. The van der Waals surface area contributed by atoms with E-state index in [1.54, 1.807) is 17.8 Å². The minimum absolute atomic E-state index is 0.121. The summed E-state index contributed by atoms with van der Waals surface area (Å²) in [5.41, 5.74) is 2.99. The minimum atomic E-state index is -0.121. The van der Waals surface area contributed by atoms with Crippen molar-refractivity contribution in [2.45, 2.75) is 52.0 Å². The maximum absolute atomic E-state index is 11.8. The van der Waals surface area contributed by atoms with E-state index < -0.39 is 0 Å². The molecule has 4 heteroatoms. The van der Waals surface area contributed by atoms with Gasteiger partial charge in [-0.15, -0.1) is 0 Å². The molecule has 21 heavy (non-hydrogen) atoms. The van der Waals surface area contributed by atoms with Crippen molar-refractivity contribution in [3.05, 3.63) is 35.7 Å². The fraction of sp³-hybridized carbons (Fsp3) is 0.529. The normalized spacial score (nSPS) is 14.7. The van der Waals surface area contributed by atoms with Crippen molar-refractivity contribution in [2.75, 3.05) is 11.9 Å². The molecule has 2 N–H and O–H groups in total. The van der Waals surface area contributed by atoms with Gasteiger partial charge in [-0.05, 0) is 58.1 Å². The van der Waals surface area contributed by atoms with Gasteiger partial charge in [-0.25, -0.2) is 4.98 Å². The molecule has 0 radical (unpaired) electrons. The van der Waals surface area contributed by atoms with Crippen LogP contribution in [0.4, 0.5) is 5.69 Å². The zero-order chi connectivity index (χ0) is 15.1. The van der Waals surface area contributed by atoms with Crippen molar-refractivity contribution in [1.29, 1.82) is 0 Å². The fourth-order valence-electron chi connectivity index (χ4n) is 2.47. The average Bonchev–Trinajstić information content (AvgIpc) is 2.48. The van der Waals surface area contributed by atoms with Crippen LogP contribution in [0.25, 0.3) is 0 Å². The van der Waals surface area contributed by atoms with E-state index in [1.165, 1.54) is 25.7 Å². The lowest BCUT2D eigenvalue weighted by atomic mass is 9.97. The third kappa shape index (κ3) is 5.21. The summed E-state index contributed by atoms with van der Waals surface area (Å²) in [4.78, 5) is 16.0. The van der Waals surface area contributed by atoms with Gasteiger partial charge in [0.25, 0.3) is 5.91 Å². The maximum Gasteiger partial charge on any atom is 0.270 e. The quantitative estimate of drug-likeness (QED) is 0.787. The van der Waals surface area contributed by atoms with Gasteiger partial charge in [0.2, 0.25) is 0 Å². The molecule has 1 aromatic rings. The molecule has 1 aliphatic rings. The topological polar surface area (TPSA) is 54.0 Å². The lowest BCUT2D eigenvalue weighted by Crippen LogP contribution is -2.30. The van der Waals surface area contributed by atoms with E-state index in [0.29, 0.717) is 5.69 Å². The van der Waals surface area contributed by atoms with Gasteiger partial charge in [0.1, 0.15) is 5.69 Å². The van der Waals surface area contributed by atoms with E-state index in [2.05, 4.69) is 21.7 Å². The zero-order valence-electron chi connectivity index (χ0n) is 13.0. The number of carbonyl (C=O) groups excluding carboxylic acids is 1. The summed E-state index contributed by atoms with van der Waals surface area (Å²) in [7, 11) is 0. The molecule has 0 saturated carbocycles. The van der Waals surface area contributed by atoms with Crippen LogP contribution in [0.1, 0.15) is 56.4 Å². The number of rotatable bonds is 6. The molecule has 4 nitrogen and oxygen atoms in total. The molecule has 0 bridgehead atoms. The van der Waals surface area contributed by atoms with Gasteiger partial charge in [-0.1, -0.05) is 11.6 Å². The Morgan fingerprint density at radius 3 is 2.81 bits per heavy atom. The molecule has 0 saturated heterocycles. The molecule has 0 spiro atoms. The second-order valence-corrected chi connectivity index (χ2v) is 5.85. The Morgan fingerprint density at radius 1 is 1.33 bits per heavy atom. The highest BCUT2D eigenvalue weighted by atomic mass is 16.1. The van der Waals surface area contributed by atoms with E-state index >= 15 is 0 Å². The molecule has 0 unspecified atom stereocenters. The Kier molecular flexibility index (Phi) is 5.78. The van der Waals surface area contributed by atoms with Crippen LogP contribution in [0.3, 0.4) is 0 Å². The number of nitrogens with zero attached hydrogens (tertiary/aromatic N) is 1. The van der Waals surface area contributed by atoms with Crippen molar-refractivity contribution in [1.82, 2.24) is 10.3 Å². The van der Waals surface area contributed by atoms with Crippen LogP contribution < -0.4 is 10.6 Å². The van der Waals surface area contributed by atoms with Crippen LogP contribution in [0, 0.1) is 0 Å². The number of amides is 1. The summed E-state index contributed by atoms with van der Waals surface area (Å²) in [6.45, 7) is 4.80. The van der Waals surface area contributed by atoms with Crippen LogP contribution in [0.15, 0.2) is 30.0 Å². The molecule has 1 aromatic heterocycles. The molecule has 1 amide bonds. The molecule has 114 valence electrons. The maximum atomic E-state index is 11.8. The lowest BCUT2D eigenvalue weighted by Gasteiger charge is -2.13. The molecular weight excluding hydrogens is 262 g/mol. The SMILES string of the molecule is CC(C)NC(=O)c1ccc(NCCC2=CCCCC2)cn1. The summed E-state index contributed by atoms with van der Waals surface area (Å²) >= 11 is 0.